The molecule has 1 saturated heterocycles. The predicted molar refractivity (Wildman–Crippen MR) is 96.1 cm³/mol. The van der Waals surface area contributed by atoms with Crippen LogP contribution in [0.4, 0.5) is 0 Å². The first kappa shape index (κ1) is 19.2. The normalized spacial score (nSPS) is 19.0. The van der Waals surface area contributed by atoms with Crippen LogP contribution < -0.4 is 5.32 Å². The van der Waals surface area contributed by atoms with Crippen molar-refractivity contribution in [3.8, 4) is 0 Å². The minimum atomic E-state index is -3.66. The average Bonchev–Trinajstić information content (AvgIpc) is 2.87. The lowest BCUT2D eigenvalue weighted by molar-refractivity contribution is 0.271. The molecular weight excluding hydrogens is 371 g/mol. The Labute approximate surface area is 153 Å². The van der Waals surface area contributed by atoms with Gasteiger partial charge in [0, 0.05) is 37.9 Å². The molecule has 24 heavy (non-hydrogen) atoms. The molecule has 1 atom stereocenters. The molecule has 0 amide bonds. The number of benzene rings is 1. The smallest absolute Gasteiger partial charge is 0.262 e. The van der Waals surface area contributed by atoms with Crippen LogP contribution in [0.2, 0.25) is 5.02 Å². The molecule has 2 aromatic rings. The van der Waals surface area contributed by atoms with Crippen LogP contribution in [0.3, 0.4) is 0 Å². The Hall–Kier alpha value is -1.12. The molecule has 0 spiro atoms. The second-order valence-corrected chi connectivity index (χ2v) is 7.90. The lowest BCUT2D eigenvalue weighted by Gasteiger charge is -2.35. The van der Waals surface area contributed by atoms with Crippen LogP contribution in [-0.2, 0) is 17.1 Å². The summed E-state index contributed by atoms with van der Waals surface area (Å²) in [6.45, 7) is 3.34. The highest BCUT2D eigenvalue weighted by Crippen LogP contribution is 2.29. The highest BCUT2D eigenvalue weighted by atomic mass is 35.5. The van der Waals surface area contributed by atoms with E-state index in [1.54, 1.807) is 30.8 Å². The zero-order valence-electron chi connectivity index (χ0n) is 13.4. The second kappa shape index (κ2) is 7.41. The van der Waals surface area contributed by atoms with Gasteiger partial charge >= 0.3 is 0 Å². The van der Waals surface area contributed by atoms with Crippen molar-refractivity contribution in [2.45, 2.75) is 18.0 Å². The maximum atomic E-state index is 13.0. The molecule has 9 heteroatoms. The molecule has 1 unspecified atom stereocenters. The number of aromatic nitrogens is 2. The van der Waals surface area contributed by atoms with Gasteiger partial charge in [0.25, 0.3) is 10.0 Å². The predicted octanol–water partition coefficient (Wildman–Crippen LogP) is 2.14. The van der Waals surface area contributed by atoms with E-state index in [2.05, 4.69) is 10.3 Å². The second-order valence-electron chi connectivity index (χ2n) is 5.63. The number of piperazine rings is 1. The summed E-state index contributed by atoms with van der Waals surface area (Å²) in [4.78, 5) is 4.19. The molecule has 6 nitrogen and oxygen atoms in total. The molecule has 1 aromatic heterocycles. The van der Waals surface area contributed by atoms with Crippen LogP contribution in [0.15, 0.2) is 35.5 Å². The highest BCUT2D eigenvalue weighted by molar-refractivity contribution is 7.89. The van der Waals surface area contributed by atoms with Crippen molar-refractivity contribution >= 4 is 34.0 Å². The van der Waals surface area contributed by atoms with Gasteiger partial charge in [-0.2, -0.15) is 4.31 Å². The fourth-order valence-corrected chi connectivity index (χ4v) is 4.58. The standard InChI is InChI=1S/C15H19ClN4O2S.ClH/c1-11-18-15(10-19(11)2)23(21,22)20-7-6-17-9-14(20)12-4-3-5-13(16)8-12;/h3-5,8,10,14,17H,6-7,9H2,1-2H3;1H. The average molecular weight is 391 g/mol. The van der Waals surface area contributed by atoms with Crippen LogP contribution in [0.1, 0.15) is 17.4 Å². The minimum absolute atomic E-state index is 0. The Balaban J connectivity index is 0.00000208. The van der Waals surface area contributed by atoms with Gasteiger partial charge in [0.2, 0.25) is 0 Å². The van der Waals surface area contributed by atoms with E-state index in [0.29, 0.717) is 30.5 Å². The van der Waals surface area contributed by atoms with Crippen LogP contribution in [0.5, 0.6) is 0 Å². The third kappa shape index (κ3) is 3.60. The summed E-state index contributed by atoms with van der Waals surface area (Å²) in [5, 5.41) is 3.93. The Morgan fingerprint density at radius 1 is 1.38 bits per heavy atom. The largest absolute Gasteiger partial charge is 0.337 e. The van der Waals surface area contributed by atoms with Gasteiger partial charge in [-0.1, -0.05) is 23.7 Å². The van der Waals surface area contributed by atoms with Gasteiger partial charge in [0.1, 0.15) is 5.82 Å². The number of sulfonamides is 1. The van der Waals surface area contributed by atoms with Crippen molar-refractivity contribution in [1.82, 2.24) is 19.2 Å². The molecule has 0 aliphatic carbocycles. The van der Waals surface area contributed by atoms with Crippen molar-refractivity contribution < 1.29 is 8.42 Å². The van der Waals surface area contributed by atoms with Crippen LogP contribution in [0, 0.1) is 6.92 Å². The molecule has 0 saturated carbocycles. The summed E-state index contributed by atoms with van der Waals surface area (Å²) in [5.41, 5.74) is 0.876. The van der Waals surface area contributed by atoms with Crippen molar-refractivity contribution in [1.29, 1.82) is 0 Å². The van der Waals surface area contributed by atoms with Gasteiger partial charge < -0.3 is 9.88 Å². The van der Waals surface area contributed by atoms with Crippen molar-refractivity contribution in [3.63, 3.8) is 0 Å². The zero-order chi connectivity index (χ0) is 16.6. The number of hydrogen-bond donors (Lipinski definition) is 1. The third-order valence-electron chi connectivity index (χ3n) is 4.09. The number of aryl methyl sites for hydroxylation is 2. The molecule has 3 rings (SSSR count). The lowest BCUT2D eigenvalue weighted by atomic mass is 10.1. The molecule has 0 bridgehead atoms. The number of imidazole rings is 1. The van der Waals surface area contributed by atoms with E-state index < -0.39 is 10.0 Å². The van der Waals surface area contributed by atoms with E-state index in [9.17, 15) is 8.42 Å². The summed E-state index contributed by atoms with van der Waals surface area (Å²) in [7, 11) is -1.87. The molecule has 1 aliphatic rings. The van der Waals surface area contributed by atoms with Gasteiger partial charge in [-0.3, -0.25) is 0 Å². The molecule has 2 heterocycles. The first-order valence-electron chi connectivity index (χ1n) is 7.37. The monoisotopic (exact) mass is 390 g/mol. The summed E-state index contributed by atoms with van der Waals surface area (Å²) >= 11 is 6.06. The molecule has 132 valence electrons. The number of halogens is 2. The molecule has 0 radical (unpaired) electrons. The number of hydrogen-bond acceptors (Lipinski definition) is 4. The minimum Gasteiger partial charge on any atom is -0.337 e. The topological polar surface area (TPSA) is 67.2 Å². The Morgan fingerprint density at radius 3 is 2.75 bits per heavy atom. The van der Waals surface area contributed by atoms with Gasteiger partial charge in [-0.15, -0.1) is 12.4 Å². The van der Waals surface area contributed by atoms with Gasteiger partial charge in [0.05, 0.1) is 6.04 Å². The Kier molecular flexibility index (Phi) is 5.93. The lowest BCUT2D eigenvalue weighted by Crippen LogP contribution is -2.48. The molecule has 1 fully saturated rings. The molecular formula is C15H20Cl2N4O2S. The Morgan fingerprint density at radius 2 is 2.12 bits per heavy atom. The van der Waals surface area contributed by atoms with Crippen LogP contribution in [0.25, 0.3) is 0 Å². The van der Waals surface area contributed by atoms with Gasteiger partial charge in [-0.25, -0.2) is 13.4 Å². The first-order valence-corrected chi connectivity index (χ1v) is 9.19. The van der Waals surface area contributed by atoms with E-state index in [1.807, 2.05) is 18.2 Å². The first-order chi connectivity index (χ1) is 10.9. The van der Waals surface area contributed by atoms with E-state index in [-0.39, 0.29) is 23.5 Å². The summed E-state index contributed by atoms with van der Waals surface area (Å²) in [6.07, 6.45) is 1.56. The van der Waals surface area contributed by atoms with Crippen LogP contribution >= 0.6 is 24.0 Å². The van der Waals surface area contributed by atoms with Crippen molar-refractivity contribution in [2.75, 3.05) is 19.6 Å². The zero-order valence-corrected chi connectivity index (χ0v) is 15.8. The SMILES string of the molecule is Cc1nc(S(=O)(=O)N2CCNCC2c2cccc(Cl)c2)cn1C.Cl. The number of nitrogens with zero attached hydrogens (tertiary/aromatic N) is 3. The fourth-order valence-electron chi connectivity index (χ4n) is 2.74. The van der Waals surface area contributed by atoms with E-state index in [1.165, 1.54) is 4.31 Å². The maximum Gasteiger partial charge on any atom is 0.262 e. The molecule has 1 aliphatic heterocycles. The van der Waals surface area contributed by atoms with Gasteiger partial charge in [0.15, 0.2) is 5.03 Å². The van der Waals surface area contributed by atoms with Crippen molar-refractivity contribution in [3.05, 3.63) is 46.9 Å². The van der Waals surface area contributed by atoms with E-state index >= 15 is 0 Å². The van der Waals surface area contributed by atoms with E-state index in [0.717, 1.165) is 5.56 Å². The summed E-state index contributed by atoms with van der Waals surface area (Å²) < 4.78 is 29.2. The van der Waals surface area contributed by atoms with Crippen molar-refractivity contribution in [2.24, 2.45) is 7.05 Å². The van der Waals surface area contributed by atoms with Gasteiger partial charge in [-0.05, 0) is 24.6 Å². The maximum absolute atomic E-state index is 13.0. The number of rotatable bonds is 3. The highest BCUT2D eigenvalue weighted by Gasteiger charge is 2.36. The Bertz CT molecular complexity index is 803. The quantitative estimate of drug-likeness (QED) is 0.871. The molecule has 1 N–H and O–H groups in total. The molecule has 1 aromatic carbocycles. The third-order valence-corrected chi connectivity index (χ3v) is 6.10. The summed E-state index contributed by atoms with van der Waals surface area (Å²) in [5.74, 6) is 0.665. The number of nitrogens with one attached hydrogen (secondary N) is 1. The van der Waals surface area contributed by atoms with Crippen LogP contribution in [-0.4, -0.2) is 41.9 Å². The fraction of sp³-hybridized carbons (Fsp3) is 0.400. The summed E-state index contributed by atoms with van der Waals surface area (Å²) in [6, 6.07) is 7.03. The van der Waals surface area contributed by atoms with E-state index in [4.69, 9.17) is 11.6 Å².